The molecule has 3 N–H and O–H groups in total. The normalized spacial score (nSPS) is 10.2. The molecule has 0 aliphatic carbocycles. The van der Waals surface area contributed by atoms with Crippen LogP contribution in [0.15, 0.2) is 65.2 Å². The minimum absolute atomic E-state index is 0.0499. The Labute approximate surface area is 165 Å². The van der Waals surface area contributed by atoms with E-state index in [1.807, 2.05) is 30.3 Å². The van der Waals surface area contributed by atoms with Crippen LogP contribution in [-0.2, 0) is 13.2 Å². The third kappa shape index (κ3) is 5.75. The van der Waals surface area contributed by atoms with Crippen LogP contribution in [0.3, 0.4) is 0 Å². The van der Waals surface area contributed by atoms with Crippen molar-refractivity contribution < 1.29 is 18.7 Å². The number of aromatic nitrogens is 1. The number of carbonyl (C=O) groups excluding carboxylic acids is 2. The fourth-order valence-corrected chi connectivity index (χ4v) is 2.27. The van der Waals surface area contributed by atoms with Gasteiger partial charge in [-0.15, -0.1) is 0 Å². The van der Waals surface area contributed by atoms with Gasteiger partial charge in [-0.25, -0.2) is 15.2 Å². The number of ether oxygens (including phenoxy) is 1. The molecule has 3 aromatic rings. The van der Waals surface area contributed by atoms with Crippen molar-refractivity contribution in [2.24, 2.45) is 0 Å². The molecular formula is C19H17ClN4O4. The van der Waals surface area contributed by atoms with E-state index in [1.54, 1.807) is 24.4 Å². The van der Waals surface area contributed by atoms with Gasteiger partial charge in [0.25, 0.3) is 0 Å². The van der Waals surface area contributed by atoms with Gasteiger partial charge in [-0.2, -0.15) is 0 Å². The first kappa shape index (κ1) is 19.2. The third-order valence-corrected chi connectivity index (χ3v) is 3.76. The summed E-state index contributed by atoms with van der Waals surface area (Å²) in [5.74, 6) is 0.635. The number of amides is 3. The molecule has 28 heavy (non-hydrogen) atoms. The summed E-state index contributed by atoms with van der Waals surface area (Å²) >= 11 is 5.69. The molecule has 3 rings (SSSR count). The van der Waals surface area contributed by atoms with Crippen LogP contribution in [0.4, 0.5) is 4.79 Å². The van der Waals surface area contributed by atoms with Crippen LogP contribution in [0.2, 0.25) is 5.15 Å². The number of halogens is 1. The first-order chi connectivity index (χ1) is 13.6. The number of benzene rings is 1. The summed E-state index contributed by atoms with van der Waals surface area (Å²) < 4.78 is 11.0. The maximum absolute atomic E-state index is 12.0. The lowest BCUT2D eigenvalue weighted by Gasteiger charge is -2.08. The van der Waals surface area contributed by atoms with Gasteiger partial charge in [-0.1, -0.05) is 35.9 Å². The van der Waals surface area contributed by atoms with Gasteiger partial charge in [0.1, 0.15) is 23.3 Å². The van der Waals surface area contributed by atoms with Gasteiger partial charge in [0.2, 0.25) is 0 Å². The number of nitrogens with zero attached hydrogens (tertiary/aromatic N) is 1. The lowest BCUT2D eigenvalue weighted by molar-refractivity contribution is 0.0904. The van der Waals surface area contributed by atoms with Gasteiger partial charge in [-0.05, 0) is 35.9 Å². The largest absolute Gasteiger partial charge is 0.486 e. The van der Waals surface area contributed by atoms with Crippen LogP contribution < -0.4 is 20.9 Å². The average Bonchev–Trinajstić information content (AvgIpc) is 3.20. The van der Waals surface area contributed by atoms with E-state index >= 15 is 0 Å². The van der Waals surface area contributed by atoms with Crippen LogP contribution in [0, 0.1) is 0 Å². The van der Waals surface area contributed by atoms with Gasteiger partial charge in [0.15, 0.2) is 5.76 Å². The lowest BCUT2D eigenvalue weighted by Crippen LogP contribution is -2.46. The van der Waals surface area contributed by atoms with Crippen molar-refractivity contribution in [3.8, 4) is 5.75 Å². The van der Waals surface area contributed by atoms with E-state index in [1.165, 1.54) is 6.07 Å². The molecule has 144 valence electrons. The molecule has 9 heteroatoms. The number of hydrazine groups is 1. The number of urea groups is 1. The van der Waals surface area contributed by atoms with Gasteiger partial charge in [0, 0.05) is 12.7 Å². The Morgan fingerprint density at radius 1 is 1.04 bits per heavy atom. The van der Waals surface area contributed by atoms with E-state index in [9.17, 15) is 9.59 Å². The molecule has 2 aromatic heterocycles. The van der Waals surface area contributed by atoms with E-state index in [2.05, 4.69) is 21.2 Å². The van der Waals surface area contributed by atoms with Crippen molar-refractivity contribution in [3.63, 3.8) is 0 Å². The van der Waals surface area contributed by atoms with Crippen molar-refractivity contribution in [1.29, 1.82) is 0 Å². The minimum atomic E-state index is -0.589. The highest BCUT2D eigenvalue weighted by atomic mass is 35.5. The number of para-hydroxylation sites is 1. The number of rotatable bonds is 6. The number of nitrogens with one attached hydrogen (secondary N) is 3. The van der Waals surface area contributed by atoms with Crippen LogP contribution in [-0.4, -0.2) is 16.9 Å². The highest BCUT2D eigenvalue weighted by molar-refractivity contribution is 6.29. The number of furan rings is 1. The molecule has 0 aliphatic rings. The molecule has 8 nitrogen and oxygen atoms in total. The topological polar surface area (TPSA) is 105 Å². The molecule has 0 radical (unpaired) electrons. The maximum Gasteiger partial charge on any atom is 0.333 e. The molecular weight excluding hydrogens is 384 g/mol. The third-order valence-electron chi connectivity index (χ3n) is 3.54. The molecule has 0 bridgehead atoms. The van der Waals surface area contributed by atoms with Crippen molar-refractivity contribution in [3.05, 3.63) is 83.0 Å². The van der Waals surface area contributed by atoms with Gasteiger partial charge >= 0.3 is 11.9 Å². The van der Waals surface area contributed by atoms with Gasteiger partial charge < -0.3 is 14.5 Å². The summed E-state index contributed by atoms with van der Waals surface area (Å²) in [6.07, 6.45) is 1.54. The second-order valence-electron chi connectivity index (χ2n) is 5.62. The maximum atomic E-state index is 12.0. The number of hydrogen-bond donors (Lipinski definition) is 3. The van der Waals surface area contributed by atoms with E-state index in [4.69, 9.17) is 20.8 Å². The Hall–Kier alpha value is -3.52. The zero-order valence-corrected chi connectivity index (χ0v) is 15.4. The van der Waals surface area contributed by atoms with Crippen LogP contribution >= 0.6 is 11.6 Å². The highest BCUT2D eigenvalue weighted by Gasteiger charge is 2.12. The average molecular weight is 401 g/mol. The second-order valence-corrected chi connectivity index (χ2v) is 6.01. The van der Waals surface area contributed by atoms with Gasteiger partial charge in [0.05, 0.1) is 0 Å². The highest BCUT2D eigenvalue weighted by Crippen LogP contribution is 2.13. The Morgan fingerprint density at radius 2 is 1.86 bits per heavy atom. The van der Waals surface area contributed by atoms with Crippen LogP contribution in [0.1, 0.15) is 21.9 Å². The zero-order valence-electron chi connectivity index (χ0n) is 14.6. The lowest BCUT2D eigenvalue weighted by atomic mass is 10.3. The fraction of sp³-hybridized carbons (Fsp3) is 0.105. The molecule has 2 heterocycles. The van der Waals surface area contributed by atoms with Crippen LogP contribution in [0.25, 0.3) is 0 Å². The number of hydrogen-bond acceptors (Lipinski definition) is 5. The van der Waals surface area contributed by atoms with Gasteiger partial charge in [-0.3, -0.25) is 10.2 Å². The molecule has 3 amide bonds. The summed E-state index contributed by atoms with van der Waals surface area (Å²) in [6, 6.07) is 15.1. The Balaban J connectivity index is 1.41. The smallest absolute Gasteiger partial charge is 0.333 e. The van der Waals surface area contributed by atoms with Crippen molar-refractivity contribution in [2.45, 2.75) is 13.2 Å². The first-order valence-electron chi connectivity index (χ1n) is 8.31. The Morgan fingerprint density at radius 3 is 2.61 bits per heavy atom. The Bertz CT molecular complexity index is 929. The molecule has 0 atom stereocenters. The summed E-state index contributed by atoms with van der Waals surface area (Å²) in [4.78, 5) is 27.7. The number of carbonyl (C=O) groups is 2. The monoisotopic (exact) mass is 400 g/mol. The predicted octanol–water partition coefficient (Wildman–Crippen LogP) is 3.05. The molecule has 0 aliphatic heterocycles. The Kier molecular flexibility index (Phi) is 6.48. The first-order valence-corrected chi connectivity index (χ1v) is 8.69. The van der Waals surface area contributed by atoms with E-state index in [-0.39, 0.29) is 18.9 Å². The zero-order chi connectivity index (χ0) is 19.8. The minimum Gasteiger partial charge on any atom is -0.486 e. The second kappa shape index (κ2) is 9.43. The molecule has 0 unspecified atom stereocenters. The fourth-order valence-electron chi connectivity index (χ4n) is 2.16. The van der Waals surface area contributed by atoms with Crippen molar-refractivity contribution in [2.75, 3.05) is 0 Å². The molecule has 1 aromatic carbocycles. The summed E-state index contributed by atoms with van der Waals surface area (Å²) in [6.45, 7) is 0.411. The predicted molar refractivity (Wildman–Crippen MR) is 102 cm³/mol. The molecule has 0 fully saturated rings. The van der Waals surface area contributed by atoms with Crippen molar-refractivity contribution >= 4 is 23.5 Å². The van der Waals surface area contributed by atoms with E-state index in [0.717, 1.165) is 5.56 Å². The number of pyridine rings is 1. The molecule has 0 saturated heterocycles. The van der Waals surface area contributed by atoms with E-state index in [0.29, 0.717) is 16.7 Å². The quantitative estimate of drug-likeness (QED) is 0.435. The summed E-state index contributed by atoms with van der Waals surface area (Å²) in [7, 11) is 0. The molecule has 0 saturated carbocycles. The van der Waals surface area contributed by atoms with E-state index < -0.39 is 11.9 Å². The van der Waals surface area contributed by atoms with Crippen LogP contribution in [0.5, 0.6) is 5.75 Å². The van der Waals surface area contributed by atoms with Crippen molar-refractivity contribution in [1.82, 2.24) is 21.2 Å². The summed E-state index contributed by atoms with van der Waals surface area (Å²) in [5, 5.41) is 2.94. The summed E-state index contributed by atoms with van der Waals surface area (Å²) in [5.41, 5.74) is 5.27. The molecule has 0 spiro atoms. The SMILES string of the molecule is O=C(NCc1ccc(Cl)nc1)NNC(=O)c1ccc(COc2ccccc2)o1. The standard InChI is InChI=1S/C19H17ClN4O4/c20-17-9-6-13(10-21-17)11-22-19(26)24-23-18(25)16-8-7-15(28-16)12-27-14-4-2-1-3-5-14/h1-10H,11-12H2,(H,23,25)(H2,22,24,26).